The first-order valence-corrected chi connectivity index (χ1v) is 35.4. The van der Waals surface area contributed by atoms with Crippen LogP contribution in [0.4, 0.5) is 0 Å². The Morgan fingerprint density at radius 3 is 1.02 bits per heavy atom. The van der Waals surface area contributed by atoms with Gasteiger partial charge in [-0.15, -0.1) is 0 Å². The Hall–Kier alpha value is -14.5. The number of fused-ring (bicyclic) bond motifs is 12. The first-order valence-electron chi connectivity index (χ1n) is 35.4. The number of aromatic nitrogens is 10. The highest BCUT2D eigenvalue weighted by Crippen LogP contribution is 2.37. The van der Waals surface area contributed by atoms with Gasteiger partial charge in [-0.3, -0.25) is 19.9 Å². The average molecular weight is 1350 g/mol. The lowest BCUT2D eigenvalue weighted by Gasteiger charge is -2.10. The number of pyridine rings is 10. The van der Waals surface area contributed by atoms with Gasteiger partial charge in [-0.1, -0.05) is 231 Å². The number of nitrogens with zero attached hydrogens (tertiary/aromatic N) is 10. The Morgan fingerprint density at radius 1 is 0.160 bits per heavy atom. The fourth-order valence-electron chi connectivity index (χ4n) is 14.6. The molecule has 10 nitrogen and oxygen atoms in total. The zero-order valence-corrected chi connectivity index (χ0v) is 57.0. The van der Waals surface area contributed by atoms with Crippen LogP contribution in [0.2, 0.25) is 0 Å². The van der Waals surface area contributed by atoms with Gasteiger partial charge in [-0.2, -0.15) is 0 Å². The van der Waals surface area contributed by atoms with E-state index < -0.39 is 0 Å². The summed E-state index contributed by atoms with van der Waals surface area (Å²) in [6.07, 6.45) is 7.50. The lowest BCUT2D eigenvalue weighted by Crippen LogP contribution is -1.91. The third-order valence-corrected chi connectivity index (χ3v) is 20.2. The Kier molecular flexibility index (Phi) is 15.0. The highest BCUT2D eigenvalue weighted by molar-refractivity contribution is 6.09. The molecule has 492 valence electrons. The molecule has 0 amide bonds. The second kappa shape index (κ2) is 25.8. The van der Waals surface area contributed by atoms with Crippen molar-refractivity contribution in [1.82, 2.24) is 49.8 Å². The van der Waals surface area contributed by atoms with Crippen LogP contribution in [-0.2, 0) is 0 Å². The molecular formula is C96H58N10. The molecule has 0 aliphatic rings. The molecule has 0 atom stereocenters. The van der Waals surface area contributed by atoms with Crippen LogP contribution in [-0.4, -0.2) is 49.8 Å². The lowest BCUT2D eigenvalue weighted by atomic mass is 9.97. The lowest BCUT2D eigenvalue weighted by molar-refractivity contribution is 1.35. The van der Waals surface area contributed by atoms with Crippen LogP contribution in [0.5, 0.6) is 0 Å². The van der Waals surface area contributed by atoms with Crippen molar-refractivity contribution < 1.29 is 0 Å². The van der Waals surface area contributed by atoms with E-state index in [0.29, 0.717) is 0 Å². The van der Waals surface area contributed by atoms with Crippen molar-refractivity contribution in [3.8, 4) is 101 Å². The van der Waals surface area contributed by atoms with E-state index in [1.807, 2.05) is 85.5 Å². The molecule has 0 saturated heterocycles. The minimum absolute atomic E-state index is 0.898. The molecule has 0 bridgehead atoms. The molecule has 10 aromatic heterocycles. The summed E-state index contributed by atoms with van der Waals surface area (Å²) in [7, 11) is 0. The van der Waals surface area contributed by atoms with E-state index in [1.165, 1.54) is 0 Å². The number of rotatable bonds is 9. The largest absolute Gasteiger partial charge is 0.256 e. The van der Waals surface area contributed by atoms with Gasteiger partial charge >= 0.3 is 0 Å². The van der Waals surface area contributed by atoms with E-state index in [4.69, 9.17) is 29.9 Å². The van der Waals surface area contributed by atoms with E-state index in [-0.39, 0.29) is 0 Å². The smallest absolute Gasteiger partial charge is 0.0972 e. The van der Waals surface area contributed by atoms with E-state index in [1.54, 1.807) is 0 Å². The van der Waals surface area contributed by atoms with E-state index in [9.17, 15) is 0 Å². The van der Waals surface area contributed by atoms with Crippen molar-refractivity contribution >= 4 is 109 Å². The van der Waals surface area contributed by atoms with Gasteiger partial charge in [0.2, 0.25) is 0 Å². The fourth-order valence-corrected chi connectivity index (χ4v) is 14.6. The Morgan fingerprint density at radius 2 is 0.509 bits per heavy atom. The molecule has 0 aliphatic heterocycles. The third kappa shape index (κ3) is 11.5. The summed E-state index contributed by atoms with van der Waals surface area (Å²) in [5.74, 6) is 0. The molecule has 21 rings (SSSR count). The summed E-state index contributed by atoms with van der Waals surface area (Å²) in [6, 6.07) is 114. The van der Waals surface area contributed by atoms with Crippen LogP contribution < -0.4 is 0 Å². The fraction of sp³-hybridized carbons (Fsp3) is 0. The van der Waals surface area contributed by atoms with Crippen molar-refractivity contribution in [2.45, 2.75) is 0 Å². The minimum atomic E-state index is 0.898. The van der Waals surface area contributed by atoms with E-state index in [2.05, 4.69) is 287 Å². The topological polar surface area (TPSA) is 129 Å². The Balaban J connectivity index is 0.000000141. The molecule has 0 fully saturated rings. The third-order valence-electron chi connectivity index (χ3n) is 20.2. The number of para-hydroxylation sites is 2. The predicted octanol–water partition coefficient (Wildman–Crippen LogP) is 23.9. The molecule has 0 spiro atoms. The Bertz CT molecular complexity index is 7090. The first kappa shape index (κ1) is 61.4. The van der Waals surface area contributed by atoms with E-state index >= 15 is 0 Å². The zero-order valence-electron chi connectivity index (χ0n) is 57.0. The summed E-state index contributed by atoms with van der Waals surface area (Å²) in [5, 5.41) is 10.9. The molecule has 21 aromatic rings. The number of hydrogen-bond donors (Lipinski definition) is 0. The zero-order chi connectivity index (χ0) is 70.0. The average Bonchev–Trinajstić information content (AvgIpc) is 0.783. The van der Waals surface area contributed by atoms with Crippen molar-refractivity contribution in [2.75, 3.05) is 0 Å². The SMILES string of the molecule is c1ccc(-c2ccc3ccc4ccc(-c5ccc(-c6ccc7ccc(-c8ccc9ccc(-c%10cnc%11ccccc%11c%10)nc9c8)nc7c6)cc5)nc4c3n2)cc1.c1ccc2ncc(-c3ccc4ccc(-c5ccc6ccc(-c7ccc(-c8ccnc9c8ccc8cccnc89)cc7)cc6n5)cc4n3)cc2c1. The van der Waals surface area contributed by atoms with Gasteiger partial charge < -0.3 is 0 Å². The normalized spacial score (nSPS) is 11.6. The predicted molar refractivity (Wildman–Crippen MR) is 435 cm³/mol. The summed E-state index contributed by atoms with van der Waals surface area (Å²) in [5.41, 5.74) is 27.8. The monoisotopic (exact) mass is 1350 g/mol. The quantitative estimate of drug-likeness (QED) is 0.129. The highest BCUT2D eigenvalue weighted by Gasteiger charge is 2.16. The standard InChI is InChI=1S/C51H31N5.C45H27N5/c1-2-6-33(7-3-1)44-26-22-37-16-17-38-23-27-45(56-51(38)50(37)55-44)34-12-10-32(11-13-34)39-18-14-35-20-24-46(53-48(35)29-39)41-19-15-36-21-25-47(54-49(36)30-41)42-28-40-8-4-5-9-43(40)52-31-42;1-2-6-39-34(4-1)24-36(27-48-39)41-20-17-31-12-14-35(26-43(31)50-41)40-19-16-30-11-13-33(25-42(30)49-40)28-7-9-29(10-8-28)37-21-23-47-45-38(37)18-15-32-5-3-22-46-44(32)45/h1-31H;1-27H. The van der Waals surface area contributed by atoms with Crippen LogP contribution in [0, 0.1) is 0 Å². The molecule has 10 heterocycles. The van der Waals surface area contributed by atoms with Crippen molar-refractivity contribution in [2.24, 2.45) is 0 Å². The van der Waals surface area contributed by atoms with Gasteiger partial charge in [0, 0.05) is 112 Å². The minimum Gasteiger partial charge on any atom is -0.256 e. The van der Waals surface area contributed by atoms with Crippen molar-refractivity contribution in [1.29, 1.82) is 0 Å². The van der Waals surface area contributed by atoms with Crippen LogP contribution in [0.3, 0.4) is 0 Å². The van der Waals surface area contributed by atoms with Gasteiger partial charge in [-0.25, -0.2) is 29.9 Å². The van der Waals surface area contributed by atoms with E-state index in [0.717, 1.165) is 210 Å². The molecule has 10 heteroatoms. The van der Waals surface area contributed by atoms with Crippen LogP contribution in [0.1, 0.15) is 0 Å². The second-order valence-electron chi connectivity index (χ2n) is 26.8. The van der Waals surface area contributed by atoms with Crippen molar-refractivity contribution in [3.63, 3.8) is 0 Å². The summed E-state index contributed by atoms with van der Waals surface area (Å²) in [6.45, 7) is 0. The van der Waals surface area contributed by atoms with Gasteiger partial charge in [-0.05, 0) is 130 Å². The summed E-state index contributed by atoms with van der Waals surface area (Å²) >= 11 is 0. The van der Waals surface area contributed by atoms with Crippen LogP contribution >= 0.6 is 0 Å². The molecule has 0 radical (unpaired) electrons. The molecule has 0 N–H and O–H groups in total. The van der Waals surface area contributed by atoms with Gasteiger partial charge in [0.15, 0.2) is 0 Å². The van der Waals surface area contributed by atoms with Gasteiger partial charge in [0.1, 0.15) is 0 Å². The maximum atomic E-state index is 5.16. The second-order valence-corrected chi connectivity index (χ2v) is 26.8. The van der Waals surface area contributed by atoms with Crippen molar-refractivity contribution in [3.05, 3.63) is 352 Å². The molecule has 0 unspecified atom stereocenters. The summed E-state index contributed by atoms with van der Waals surface area (Å²) in [4.78, 5) is 49.2. The molecule has 0 aliphatic carbocycles. The Labute approximate surface area is 608 Å². The molecular weight excluding hydrogens is 1290 g/mol. The van der Waals surface area contributed by atoms with Gasteiger partial charge in [0.25, 0.3) is 0 Å². The maximum Gasteiger partial charge on any atom is 0.0972 e. The summed E-state index contributed by atoms with van der Waals surface area (Å²) < 4.78 is 0. The first-order chi connectivity index (χ1) is 52.4. The maximum absolute atomic E-state index is 5.16. The molecule has 0 saturated carbocycles. The van der Waals surface area contributed by atoms with Crippen LogP contribution in [0.15, 0.2) is 352 Å². The number of benzene rings is 11. The van der Waals surface area contributed by atoms with Crippen LogP contribution in [0.25, 0.3) is 210 Å². The molecule has 106 heavy (non-hydrogen) atoms. The van der Waals surface area contributed by atoms with Gasteiger partial charge in [0.05, 0.1) is 89.3 Å². The molecule has 11 aromatic carbocycles. The number of hydrogen-bond acceptors (Lipinski definition) is 10. The highest BCUT2D eigenvalue weighted by atomic mass is 14.8.